The van der Waals surface area contributed by atoms with Crippen molar-refractivity contribution in [2.75, 3.05) is 20.9 Å². The number of fused-ring (bicyclic) bond motifs is 1. The molecular weight excluding hydrogens is 528 g/mol. The summed E-state index contributed by atoms with van der Waals surface area (Å²) in [4.78, 5) is 0. The van der Waals surface area contributed by atoms with Crippen molar-refractivity contribution in [3.8, 4) is 22.6 Å². The zero-order chi connectivity index (χ0) is 27.0. The Morgan fingerprint density at radius 1 is 0.892 bits per heavy atom. The summed E-state index contributed by atoms with van der Waals surface area (Å²) in [5.74, 6) is -1.81. The highest BCUT2D eigenvalue weighted by atomic mass is 32.2. The minimum Gasteiger partial charge on any atom is -0.454 e. The fourth-order valence-electron chi connectivity index (χ4n) is 3.40. The van der Waals surface area contributed by atoms with Crippen molar-refractivity contribution in [3.05, 3.63) is 66.1 Å². The SMILES string of the molecule is CCS(=O)(=O)Nc1ccc(Oc2ccc(F)cc2F)c(-c2cc(NS(=O)(=O)CC)c3nnc(C)n3c2)c1. The fraction of sp³-hybridized carbons (Fsp3) is 0.217. The molecule has 2 N–H and O–H groups in total. The van der Waals surface area contributed by atoms with Crippen LogP contribution < -0.4 is 14.2 Å². The molecule has 0 fully saturated rings. The fourth-order valence-corrected chi connectivity index (χ4v) is 4.66. The van der Waals surface area contributed by atoms with E-state index >= 15 is 0 Å². The molecule has 0 bridgehead atoms. The zero-order valence-corrected chi connectivity index (χ0v) is 21.6. The number of pyridine rings is 1. The average molecular weight is 552 g/mol. The third kappa shape index (κ3) is 5.80. The summed E-state index contributed by atoms with van der Waals surface area (Å²) in [7, 11) is -7.33. The van der Waals surface area contributed by atoms with Gasteiger partial charge in [0.05, 0.1) is 17.2 Å². The van der Waals surface area contributed by atoms with Crippen LogP contribution in [0.4, 0.5) is 20.2 Å². The summed E-state index contributed by atoms with van der Waals surface area (Å²) in [5.41, 5.74) is 1.22. The molecule has 0 amide bonds. The number of aromatic nitrogens is 3. The van der Waals surface area contributed by atoms with Gasteiger partial charge in [0.1, 0.15) is 17.4 Å². The molecule has 0 aliphatic carbocycles. The first kappa shape index (κ1) is 26.3. The number of ether oxygens (including phenoxy) is 1. The highest BCUT2D eigenvalue weighted by Gasteiger charge is 2.19. The molecule has 2 heterocycles. The Hall–Kier alpha value is -3.78. The van der Waals surface area contributed by atoms with Crippen molar-refractivity contribution >= 4 is 37.1 Å². The lowest BCUT2D eigenvalue weighted by Gasteiger charge is -2.16. The number of benzene rings is 2. The minimum absolute atomic E-state index is 0.0966. The van der Waals surface area contributed by atoms with Crippen LogP contribution in [0.1, 0.15) is 19.7 Å². The monoisotopic (exact) mass is 551 g/mol. The van der Waals surface area contributed by atoms with Gasteiger partial charge in [0, 0.05) is 29.1 Å². The molecular formula is C23H23F2N5O5S2. The number of aryl methyl sites for hydroxylation is 1. The van der Waals surface area contributed by atoms with E-state index in [9.17, 15) is 25.6 Å². The van der Waals surface area contributed by atoms with Gasteiger partial charge in [0.2, 0.25) is 20.0 Å². The summed E-state index contributed by atoms with van der Waals surface area (Å²) >= 11 is 0. The van der Waals surface area contributed by atoms with Crippen LogP contribution in [0.25, 0.3) is 16.8 Å². The van der Waals surface area contributed by atoms with E-state index < -0.39 is 31.7 Å². The van der Waals surface area contributed by atoms with Crippen molar-refractivity contribution in [2.24, 2.45) is 0 Å². The van der Waals surface area contributed by atoms with Gasteiger partial charge in [-0.25, -0.2) is 25.6 Å². The Balaban J connectivity index is 1.93. The third-order valence-corrected chi connectivity index (χ3v) is 7.98. The summed E-state index contributed by atoms with van der Waals surface area (Å²) in [6.07, 6.45) is 1.61. The first-order valence-electron chi connectivity index (χ1n) is 11.0. The number of anilines is 2. The van der Waals surface area contributed by atoms with Crippen LogP contribution in [0.2, 0.25) is 0 Å². The predicted octanol–water partition coefficient (Wildman–Crippen LogP) is 4.30. The Morgan fingerprint density at radius 2 is 1.57 bits per heavy atom. The van der Waals surface area contributed by atoms with Gasteiger partial charge in [0.15, 0.2) is 17.2 Å². The lowest BCUT2D eigenvalue weighted by Crippen LogP contribution is -2.15. The third-order valence-electron chi connectivity index (χ3n) is 5.38. The van der Waals surface area contributed by atoms with Crippen molar-refractivity contribution < 1.29 is 30.4 Å². The minimum atomic E-state index is -3.70. The lowest BCUT2D eigenvalue weighted by molar-refractivity contribution is 0.439. The van der Waals surface area contributed by atoms with Crippen LogP contribution in [0.3, 0.4) is 0 Å². The predicted molar refractivity (Wildman–Crippen MR) is 136 cm³/mol. The van der Waals surface area contributed by atoms with Gasteiger partial charge in [-0.1, -0.05) is 0 Å². The summed E-state index contributed by atoms with van der Waals surface area (Å²) in [6, 6.07) is 8.62. The highest BCUT2D eigenvalue weighted by molar-refractivity contribution is 7.92. The maximum atomic E-state index is 14.4. The smallest absolute Gasteiger partial charge is 0.232 e. The van der Waals surface area contributed by atoms with Gasteiger partial charge in [-0.3, -0.25) is 13.8 Å². The molecule has 0 aliphatic heterocycles. The van der Waals surface area contributed by atoms with Crippen molar-refractivity contribution in [1.82, 2.24) is 14.6 Å². The Morgan fingerprint density at radius 3 is 2.24 bits per heavy atom. The van der Waals surface area contributed by atoms with E-state index in [0.717, 1.165) is 12.1 Å². The molecule has 0 aliphatic rings. The van der Waals surface area contributed by atoms with Gasteiger partial charge >= 0.3 is 0 Å². The number of halogens is 2. The quantitative estimate of drug-likeness (QED) is 0.317. The van der Waals surface area contributed by atoms with E-state index in [0.29, 0.717) is 17.5 Å². The van der Waals surface area contributed by atoms with E-state index in [4.69, 9.17) is 4.74 Å². The average Bonchev–Trinajstić information content (AvgIpc) is 3.22. The second-order valence-electron chi connectivity index (χ2n) is 7.98. The standard InChI is InChI=1S/C23H23F2N5O5S2/c1-4-36(31,32)28-17-7-9-21(35-22-8-6-16(24)11-19(22)25)18(12-17)15-10-20(29-37(33,34)5-2)23-27-26-14(3)30(23)13-15/h6-13,28-29H,4-5H2,1-3H3. The molecule has 2 aromatic carbocycles. The number of sulfonamides is 2. The van der Waals surface area contributed by atoms with E-state index in [1.54, 1.807) is 17.5 Å². The molecule has 2 aromatic heterocycles. The first-order valence-corrected chi connectivity index (χ1v) is 14.4. The van der Waals surface area contributed by atoms with Crippen molar-refractivity contribution in [2.45, 2.75) is 20.8 Å². The normalized spacial score (nSPS) is 12.0. The number of nitrogens with zero attached hydrogens (tertiary/aromatic N) is 3. The van der Waals surface area contributed by atoms with Crippen LogP contribution in [-0.2, 0) is 20.0 Å². The topological polar surface area (TPSA) is 132 Å². The van der Waals surface area contributed by atoms with Crippen LogP contribution >= 0.6 is 0 Å². The molecule has 10 nitrogen and oxygen atoms in total. The molecule has 37 heavy (non-hydrogen) atoms. The number of rotatable bonds is 9. The van der Waals surface area contributed by atoms with Gasteiger partial charge in [-0.05, 0) is 57.2 Å². The molecule has 4 rings (SSSR count). The van der Waals surface area contributed by atoms with E-state index in [2.05, 4.69) is 19.6 Å². The van der Waals surface area contributed by atoms with Gasteiger partial charge in [-0.2, -0.15) is 0 Å². The molecule has 14 heteroatoms. The Labute approximate surface area is 212 Å². The number of hydrogen-bond donors (Lipinski definition) is 2. The van der Waals surface area contributed by atoms with Crippen molar-refractivity contribution in [3.63, 3.8) is 0 Å². The molecule has 0 saturated carbocycles. The summed E-state index contributed by atoms with van der Waals surface area (Å²) in [6.45, 7) is 4.62. The molecule has 0 atom stereocenters. The highest BCUT2D eigenvalue weighted by Crippen LogP contribution is 2.38. The largest absolute Gasteiger partial charge is 0.454 e. The molecule has 0 radical (unpaired) electrons. The van der Waals surface area contributed by atoms with E-state index in [1.165, 1.54) is 38.1 Å². The van der Waals surface area contributed by atoms with Crippen LogP contribution in [-0.4, -0.2) is 42.9 Å². The first-order chi connectivity index (χ1) is 17.4. The Bertz CT molecular complexity index is 1710. The van der Waals surface area contributed by atoms with E-state index in [1.807, 2.05) is 0 Å². The molecule has 0 spiro atoms. The Kier molecular flexibility index (Phi) is 7.06. The summed E-state index contributed by atoms with van der Waals surface area (Å²) < 4.78 is 89.0. The summed E-state index contributed by atoms with van der Waals surface area (Å²) in [5, 5.41) is 8.04. The van der Waals surface area contributed by atoms with Gasteiger partial charge in [-0.15, -0.1) is 10.2 Å². The zero-order valence-electron chi connectivity index (χ0n) is 20.0. The van der Waals surface area contributed by atoms with Gasteiger partial charge in [0.25, 0.3) is 0 Å². The molecule has 0 saturated heterocycles. The van der Waals surface area contributed by atoms with Crippen LogP contribution in [0, 0.1) is 18.6 Å². The van der Waals surface area contributed by atoms with Crippen molar-refractivity contribution in [1.29, 1.82) is 0 Å². The lowest BCUT2D eigenvalue weighted by atomic mass is 10.0. The van der Waals surface area contributed by atoms with E-state index in [-0.39, 0.29) is 45.6 Å². The van der Waals surface area contributed by atoms with Gasteiger partial charge < -0.3 is 4.74 Å². The number of hydrogen-bond acceptors (Lipinski definition) is 7. The molecule has 0 unspecified atom stereocenters. The van der Waals surface area contributed by atoms with Crippen LogP contribution in [0.15, 0.2) is 48.7 Å². The molecule has 196 valence electrons. The number of nitrogens with one attached hydrogen (secondary N) is 2. The second-order valence-corrected chi connectivity index (χ2v) is 12.0. The second kappa shape index (κ2) is 9.94. The maximum absolute atomic E-state index is 14.4. The molecule has 4 aromatic rings. The maximum Gasteiger partial charge on any atom is 0.232 e. The van der Waals surface area contributed by atoms with Crippen LogP contribution in [0.5, 0.6) is 11.5 Å².